The Balaban J connectivity index is 3.01. The van der Waals surface area contributed by atoms with Gasteiger partial charge in [-0.15, -0.1) is 0 Å². The molecule has 0 aromatic rings. The van der Waals surface area contributed by atoms with E-state index in [2.05, 4.69) is 10.6 Å². The first kappa shape index (κ1) is 10.9. The van der Waals surface area contributed by atoms with Gasteiger partial charge in [0.1, 0.15) is 0 Å². The third kappa shape index (κ3) is 8.94. The van der Waals surface area contributed by atoms with Crippen LogP contribution < -0.4 is 10.6 Å². The average Bonchev–Trinajstić information content (AvgIpc) is 1.95. The minimum absolute atomic E-state index is 0.00507. The fourth-order valence-corrected chi connectivity index (χ4v) is 0.779. The Hall–Kier alpha value is -1.06. The van der Waals surface area contributed by atoms with Gasteiger partial charge in [-0.05, 0) is 12.8 Å². The van der Waals surface area contributed by atoms with Gasteiger partial charge >= 0.3 is 0 Å². The summed E-state index contributed by atoms with van der Waals surface area (Å²) in [6.45, 7) is 4.37. The van der Waals surface area contributed by atoms with Crippen molar-refractivity contribution in [3.8, 4) is 0 Å². The lowest BCUT2D eigenvalue weighted by atomic mass is 10.3. The maximum atomic E-state index is 10.4. The minimum Gasteiger partial charge on any atom is -0.356 e. The van der Waals surface area contributed by atoms with Crippen LogP contribution in [0.15, 0.2) is 0 Å². The number of amides is 2. The smallest absolute Gasteiger partial charge is 0.216 e. The molecule has 2 amide bonds. The Morgan fingerprint density at radius 1 is 0.917 bits per heavy atom. The molecule has 2 N–H and O–H groups in total. The van der Waals surface area contributed by atoms with Crippen molar-refractivity contribution < 1.29 is 9.59 Å². The number of hydrogen-bond acceptors (Lipinski definition) is 2. The number of carbonyl (C=O) groups is 2. The normalized spacial score (nSPS) is 9.17. The van der Waals surface area contributed by atoms with Crippen molar-refractivity contribution in [2.45, 2.75) is 26.7 Å². The molecular weight excluding hydrogens is 156 g/mol. The van der Waals surface area contributed by atoms with E-state index in [0.717, 1.165) is 12.8 Å². The first-order chi connectivity index (χ1) is 5.63. The van der Waals surface area contributed by atoms with E-state index in [1.165, 1.54) is 13.8 Å². The van der Waals surface area contributed by atoms with Crippen LogP contribution in [0.3, 0.4) is 0 Å². The molecule has 0 saturated carbocycles. The standard InChI is InChI=1S/C8H16N2O2/c1-7(11)9-5-3-4-6-10-8(2)12/h3-6H2,1-2H3,(H,9,11)(H,10,12). The quantitative estimate of drug-likeness (QED) is 0.575. The predicted molar refractivity (Wildman–Crippen MR) is 46.6 cm³/mol. The van der Waals surface area contributed by atoms with Gasteiger partial charge in [0, 0.05) is 26.9 Å². The number of hydrogen-bond donors (Lipinski definition) is 2. The zero-order valence-corrected chi connectivity index (χ0v) is 7.64. The van der Waals surface area contributed by atoms with E-state index in [-0.39, 0.29) is 11.8 Å². The van der Waals surface area contributed by atoms with Crippen molar-refractivity contribution >= 4 is 11.8 Å². The van der Waals surface area contributed by atoms with Crippen molar-refractivity contribution in [2.24, 2.45) is 0 Å². The number of nitrogens with one attached hydrogen (secondary N) is 2. The molecule has 4 heteroatoms. The van der Waals surface area contributed by atoms with Gasteiger partial charge < -0.3 is 10.6 Å². The van der Waals surface area contributed by atoms with Gasteiger partial charge in [-0.25, -0.2) is 0 Å². The summed E-state index contributed by atoms with van der Waals surface area (Å²) in [4.78, 5) is 20.8. The largest absolute Gasteiger partial charge is 0.356 e. The van der Waals surface area contributed by atoms with Gasteiger partial charge in [-0.2, -0.15) is 0 Å². The average molecular weight is 172 g/mol. The van der Waals surface area contributed by atoms with Crippen LogP contribution in [0.5, 0.6) is 0 Å². The van der Waals surface area contributed by atoms with Crippen molar-refractivity contribution in [3.63, 3.8) is 0 Å². The van der Waals surface area contributed by atoms with E-state index in [1.54, 1.807) is 0 Å². The van der Waals surface area contributed by atoms with E-state index in [4.69, 9.17) is 0 Å². The maximum absolute atomic E-state index is 10.4. The number of carbonyl (C=O) groups excluding carboxylic acids is 2. The highest BCUT2D eigenvalue weighted by Gasteiger charge is 1.92. The molecule has 4 nitrogen and oxygen atoms in total. The Bertz CT molecular complexity index is 139. The molecule has 0 unspecified atom stereocenters. The van der Waals surface area contributed by atoms with Crippen LogP contribution in [0.2, 0.25) is 0 Å². The minimum atomic E-state index is -0.00507. The molecule has 0 rings (SSSR count). The van der Waals surface area contributed by atoms with Crippen molar-refractivity contribution in [3.05, 3.63) is 0 Å². The molecule has 0 aliphatic rings. The number of rotatable bonds is 5. The lowest BCUT2D eigenvalue weighted by molar-refractivity contribution is -0.120. The summed E-state index contributed by atoms with van der Waals surface area (Å²) in [5.74, 6) is -0.0101. The fourth-order valence-electron chi connectivity index (χ4n) is 0.779. The highest BCUT2D eigenvalue weighted by atomic mass is 16.1. The van der Waals surface area contributed by atoms with Gasteiger partial charge in [-0.3, -0.25) is 9.59 Å². The summed E-state index contributed by atoms with van der Waals surface area (Å²) in [6, 6.07) is 0. The predicted octanol–water partition coefficient (Wildman–Crippen LogP) is 0.0388. The maximum Gasteiger partial charge on any atom is 0.216 e. The molecule has 0 bridgehead atoms. The second-order valence-electron chi connectivity index (χ2n) is 2.67. The van der Waals surface area contributed by atoms with Gasteiger partial charge in [0.15, 0.2) is 0 Å². The zero-order valence-electron chi connectivity index (χ0n) is 7.64. The molecule has 0 aliphatic carbocycles. The van der Waals surface area contributed by atoms with Gasteiger partial charge in [-0.1, -0.05) is 0 Å². The molecule has 0 atom stereocenters. The van der Waals surface area contributed by atoms with E-state index >= 15 is 0 Å². The molecule has 0 fully saturated rings. The van der Waals surface area contributed by atoms with Crippen molar-refractivity contribution in [1.29, 1.82) is 0 Å². The van der Waals surface area contributed by atoms with Crippen LogP contribution in [0.1, 0.15) is 26.7 Å². The van der Waals surface area contributed by atoms with Crippen LogP contribution in [0.4, 0.5) is 0 Å². The van der Waals surface area contributed by atoms with Crippen LogP contribution in [0, 0.1) is 0 Å². The summed E-state index contributed by atoms with van der Waals surface area (Å²) in [5.41, 5.74) is 0. The highest BCUT2D eigenvalue weighted by molar-refractivity contribution is 5.73. The summed E-state index contributed by atoms with van der Waals surface area (Å²) in [7, 11) is 0. The molecular formula is C8H16N2O2. The molecule has 0 aromatic heterocycles. The SMILES string of the molecule is CC(=O)NCCCCNC(C)=O. The molecule has 0 aromatic carbocycles. The molecule has 0 spiro atoms. The fraction of sp³-hybridized carbons (Fsp3) is 0.750. The van der Waals surface area contributed by atoms with Gasteiger partial charge in [0.2, 0.25) is 11.8 Å². The first-order valence-corrected chi connectivity index (χ1v) is 4.12. The Kier molecular flexibility index (Phi) is 6.05. The molecule has 0 radical (unpaired) electrons. The van der Waals surface area contributed by atoms with E-state index in [9.17, 15) is 9.59 Å². The highest BCUT2D eigenvalue weighted by Crippen LogP contribution is 1.83. The second-order valence-corrected chi connectivity index (χ2v) is 2.67. The molecule has 0 heterocycles. The Morgan fingerprint density at radius 3 is 1.50 bits per heavy atom. The monoisotopic (exact) mass is 172 g/mol. The van der Waals surface area contributed by atoms with Crippen LogP contribution in [0.25, 0.3) is 0 Å². The van der Waals surface area contributed by atoms with Crippen LogP contribution in [-0.2, 0) is 9.59 Å². The lowest BCUT2D eigenvalue weighted by Gasteiger charge is -2.02. The molecule has 12 heavy (non-hydrogen) atoms. The Labute approximate surface area is 72.7 Å². The molecule has 0 saturated heterocycles. The lowest BCUT2D eigenvalue weighted by Crippen LogP contribution is -2.24. The third-order valence-electron chi connectivity index (χ3n) is 1.35. The van der Waals surface area contributed by atoms with Gasteiger partial charge in [0.25, 0.3) is 0 Å². The van der Waals surface area contributed by atoms with Crippen LogP contribution in [-0.4, -0.2) is 24.9 Å². The van der Waals surface area contributed by atoms with Crippen molar-refractivity contribution in [2.75, 3.05) is 13.1 Å². The van der Waals surface area contributed by atoms with E-state index < -0.39 is 0 Å². The van der Waals surface area contributed by atoms with E-state index in [1.807, 2.05) is 0 Å². The topological polar surface area (TPSA) is 58.2 Å². The Morgan fingerprint density at radius 2 is 1.25 bits per heavy atom. The summed E-state index contributed by atoms with van der Waals surface area (Å²) in [6.07, 6.45) is 1.81. The van der Waals surface area contributed by atoms with E-state index in [0.29, 0.717) is 13.1 Å². The third-order valence-corrected chi connectivity index (χ3v) is 1.35. The van der Waals surface area contributed by atoms with Crippen LogP contribution >= 0.6 is 0 Å². The molecule has 70 valence electrons. The molecule has 0 aliphatic heterocycles. The first-order valence-electron chi connectivity index (χ1n) is 4.12. The van der Waals surface area contributed by atoms with Gasteiger partial charge in [0.05, 0.1) is 0 Å². The summed E-state index contributed by atoms with van der Waals surface area (Å²) >= 11 is 0. The summed E-state index contributed by atoms with van der Waals surface area (Å²) in [5, 5.41) is 5.36. The zero-order chi connectivity index (χ0) is 9.40. The summed E-state index contributed by atoms with van der Waals surface area (Å²) < 4.78 is 0. The second kappa shape index (κ2) is 6.64. The van der Waals surface area contributed by atoms with Crippen molar-refractivity contribution in [1.82, 2.24) is 10.6 Å². The number of unbranched alkanes of at least 4 members (excludes halogenated alkanes) is 1.